The highest BCUT2D eigenvalue weighted by Crippen LogP contribution is 2.32. The van der Waals surface area contributed by atoms with Gasteiger partial charge in [0.1, 0.15) is 12.0 Å². The predicted molar refractivity (Wildman–Crippen MR) is 52.3 cm³/mol. The molecule has 0 saturated heterocycles. The van der Waals surface area contributed by atoms with Crippen molar-refractivity contribution in [3.05, 3.63) is 41.7 Å². The molecule has 0 atom stereocenters. The van der Waals surface area contributed by atoms with E-state index in [0.29, 0.717) is 6.29 Å². The molecule has 1 aromatic heterocycles. The smallest absolute Gasteiger partial charge is 0.363 e. The molecule has 2 aromatic rings. The van der Waals surface area contributed by atoms with Gasteiger partial charge in [0.25, 0.3) is 0 Å². The molecule has 0 bridgehead atoms. The van der Waals surface area contributed by atoms with Crippen molar-refractivity contribution in [1.82, 2.24) is 5.16 Å². The van der Waals surface area contributed by atoms with Crippen LogP contribution in [0.25, 0.3) is 11.3 Å². The van der Waals surface area contributed by atoms with Crippen LogP contribution in [-0.2, 0) is 6.18 Å². The van der Waals surface area contributed by atoms with Crippen LogP contribution >= 0.6 is 0 Å². The Hall–Kier alpha value is -2.11. The van der Waals surface area contributed by atoms with Crippen LogP contribution in [0.5, 0.6) is 0 Å². The minimum atomic E-state index is -4.43. The molecule has 0 radical (unpaired) electrons. The van der Waals surface area contributed by atoms with Gasteiger partial charge in [-0.25, -0.2) is 0 Å². The van der Waals surface area contributed by atoms with Crippen LogP contribution in [0.3, 0.4) is 0 Å². The first kappa shape index (κ1) is 11.4. The lowest BCUT2D eigenvalue weighted by molar-refractivity contribution is -0.137. The molecule has 1 aromatic carbocycles. The zero-order valence-corrected chi connectivity index (χ0v) is 8.36. The van der Waals surface area contributed by atoms with Gasteiger partial charge in [0.05, 0.1) is 11.1 Å². The first-order valence-electron chi connectivity index (χ1n) is 4.59. The van der Waals surface area contributed by atoms with Gasteiger partial charge in [-0.15, -0.1) is 0 Å². The van der Waals surface area contributed by atoms with E-state index in [1.807, 2.05) is 0 Å². The lowest BCUT2D eigenvalue weighted by Gasteiger charge is -2.07. The molecule has 0 aliphatic rings. The first-order valence-corrected chi connectivity index (χ1v) is 4.59. The topological polar surface area (TPSA) is 43.1 Å². The normalized spacial score (nSPS) is 11.5. The average Bonchev–Trinajstić information content (AvgIpc) is 2.76. The van der Waals surface area contributed by atoms with Crippen LogP contribution < -0.4 is 0 Å². The van der Waals surface area contributed by atoms with E-state index in [9.17, 15) is 18.0 Å². The van der Waals surface area contributed by atoms with Crippen LogP contribution in [0.15, 0.2) is 35.1 Å². The number of hydrogen-bond donors (Lipinski definition) is 0. The Kier molecular flexibility index (Phi) is 2.71. The van der Waals surface area contributed by atoms with E-state index >= 15 is 0 Å². The third-order valence-corrected chi connectivity index (χ3v) is 2.19. The molecule has 1 heterocycles. The highest BCUT2D eigenvalue weighted by molar-refractivity contribution is 5.84. The van der Waals surface area contributed by atoms with Crippen molar-refractivity contribution >= 4 is 6.29 Å². The number of carbonyl (C=O) groups excluding carboxylic acids is 1. The minimum Gasteiger partial charge on any atom is -0.363 e. The lowest BCUT2D eigenvalue weighted by Crippen LogP contribution is -2.04. The maximum absolute atomic E-state index is 12.5. The first-order chi connectivity index (χ1) is 8.02. The van der Waals surface area contributed by atoms with Gasteiger partial charge < -0.3 is 4.52 Å². The maximum atomic E-state index is 12.5. The highest BCUT2D eigenvalue weighted by atomic mass is 19.4. The summed E-state index contributed by atoms with van der Waals surface area (Å²) >= 11 is 0. The third kappa shape index (κ3) is 2.20. The number of alkyl halides is 3. The van der Waals surface area contributed by atoms with Crippen molar-refractivity contribution in [2.24, 2.45) is 0 Å². The fraction of sp³-hybridized carbons (Fsp3) is 0.0909. The average molecular weight is 241 g/mol. The van der Waals surface area contributed by atoms with E-state index in [1.165, 1.54) is 12.1 Å². The van der Waals surface area contributed by atoms with Gasteiger partial charge in [0.2, 0.25) is 0 Å². The lowest BCUT2D eigenvalue weighted by atomic mass is 10.1. The fourth-order valence-corrected chi connectivity index (χ4v) is 1.39. The van der Waals surface area contributed by atoms with Crippen LogP contribution in [-0.4, -0.2) is 11.4 Å². The predicted octanol–water partition coefficient (Wildman–Crippen LogP) is 3.17. The standard InChI is InChI=1S/C11H6F3NO2/c12-11(13,14)9-3-1-2-7(4-9)10-8(5-16)6-17-15-10/h1-6H. The number of nitrogens with zero attached hydrogens (tertiary/aromatic N) is 1. The van der Waals surface area contributed by atoms with Crippen molar-refractivity contribution in [2.75, 3.05) is 0 Å². The highest BCUT2D eigenvalue weighted by Gasteiger charge is 2.30. The van der Waals surface area contributed by atoms with E-state index in [4.69, 9.17) is 0 Å². The number of aromatic nitrogens is 1. The van der Waals surface area contributed by atoms with Crippen molar-refractivity contribution in [1.29, 1.82) is 0 Å². The molecule has 17 heavy (non-hydrogen) atoms. The second-order valence-electron chi connectivity index (χ2n) is 3.31. The molecule has 0 aliphatic carbocycles. The SMILES string of the molecule is O=Cc1conc1-c1cccc(C(F)(F)F)c1. The van der Waals surface area contributed by atoms with Crippen molar-refractivity contribution in [3.8, 4) is 11.3 Å². The number of rotatable bonds is 2. The van der Waals surface area contributed by atoms with E-state index in [2.05, 4.69) is 9.68 Å². The molecule has 6 heteroatoms. The second-order valence-corrected chi connectivity index (χ2v) is 3.31. The van der Waals surface area contributed by atoms with Gasteiger partial charge in [-0.05, 0) is 12.1 Å². The molecule has 88 valence electrons. The van der Waals surface area contributed by atoms with Gasteiger partial charge in [0, 0.05) is 5.56 Å². The van der Waals surface area contributed by atoms with E-state index in [0.717, 1.165) is 18.4 Å². The number of carbonyl (C=O) groups is 1. The number of aldehydes is 1. The monoisotopic (exact) mass is 241 g/mol. The summed E-state index contributed by atoms with van der Waals surface area (Å²) in [7, 11) is 0. The molecule has 2 rings (SSSR count). The summed E-state index contributed by atoms with van der Waals surface area (Å²) in [5.41, 5.74) is -0.388. The van der Waals surface area contributed by atoms with Crippen LogP contribution in [0.4, 0.5) is 13.2 Å². The Bertz CT molecular complexity index is 546. The van der Waals surface area contributed by atoms with Crippen LogP contribution in [0, 0.1) is 0 Å². The van der Waals surface area contributed by atoms with Gasteiger partial charge in [0.15, 0.2) is 6.29 Å². The van der Waals surface area contributed by atoms with Crippen molar-refractivity contribution in [2.45, 2.75) is 6.18 Å². The van der Waals surface area contributed by atoms with Crippen LogP contribution in [0.1, 0.15) is 15.9 Å². The van der Waals surface area contributed by atoms with E-state index in [-0.39, 0.29) is 16.8 Å². The summed E-state index contributed by atoms with van der Waals surface area (Å²) in [6, 6.07) is 4.55. The fourth-order valence-electron chi connectivity index (χ4n) is 1.39. The molecule has 0 saturated carbocycles. The molecular formula is C11H6F3NO2. The molecule has 0 aliphatic heterocycles. The molecule has 0 N–H and O–H groups in total. The van der Waals surface area contributed by atoms with Gasteiger partial charge in [-0.1, -0.05) is 17.3 Å². The Labute approximate surface area is 93.8 Å². The Morgan fingerprint density at radius 3 is 2.71 bits per heavy atom. The second kappa shape index (κ2) is 4.04. The summed E-state index contributed by atoms with van der Waals surface area (Å²) in [5, 5.41) is 3.51. The molecular weight excluding hydrogens is 235 g/mol. The summed E-state index contributed by atoms with van der Waals surface area (Å²) < 4.78 is 42.0. The van der Waals surface area contributed by atoms with Gasteiger partial charge in [-0.3, -0.25) is 4.79 Å². The Morgan fingerprint density at radius 2 is 2.06 bits per heavy atom. The van der Waals surface area contributed by atoms with E-state index < -0.39 is 11.7 Å². The number of hydrogen-bond acceptors (Lipinski definition) is 3. The van der Waals surface area contributed by atoms with Gasteiger partial charge >= 0.3 is 6.18 Å². The summed E-state index contributed by atoms with van der Waals surface area (Å²) in [6.07, 6.45) is -2.87. The summed E-state index contributed by atoms with van der Waals surface area (Å²) in [4.78, 5) is 10.6. The van der Waals surface area contributed by atoms with Crippen molar-refractivity contribution in [3.63, 3.8) is 0 Å². The minimum absolute atomic E-state index is 0.103. The van der Waals surface area contributed by atoms with E-state index in [1.54, 1.807) is 0 Å². The molecule has 0 amide bonds. The number of benzene rings is 1. The van der Waals surface area contributed by atoms with Crippen LogP contribution in [0.2, 0.25) is 0 Å². The Balaban J connectivity index is 2.51. The molecule has 0 unspecified atom stereocenters. The molecule has 0 fully saturated rings. The van der Waals surface area contributed by atoms with Crippen molar-refractivity contribution < 1.29 is 22.5 Å². The summed E-state index contributed by atoms with van der Waals surface area (Å²) in [6.45, 7) is 0. The molecule has 0 spiro atoms. The quantitative estimate of drug-likeness (QED) is 0.758. The Morgan fingerprint density at radius 1 is 1.29 bits per heavy atom. The zero-order chi connectivity index (χ0) is 12.5. The van der Waals surface area contributed by atoms with Gasteiger partial charge in [-0.2, -0.15) is 13.2 Å². The summed E-state index contributed by atoms with van der Waals surface area (Å²) in [5.74, 6) is 0. The zero-order valence-electron chi connectivity index (χ0n) is 8.36. The maximum Gasteiger partial charge on any atom is 0.416 e. The third-order valence-electron chi connectivity index (χ3n) is 2.19. The largest absolute Gasteiger partial charge is 0.416 e. The number of halogens is 3. The molecule has 3 nitrogen and oxygen atoms in total.